The summed E-state index contributed by atoms with van der Waals surface area (Å²) in [7, 11) is 0. The van der Waals surface area contributed by atoms with Gasteiger partial charge in [0.15, 0.2) is 0 Å². The Labute approximate surface area is 158 Å². The van der Waals surface area contributed by atoms with E-state index in [9.17, 15) is 4.79 Å². The summed E-state index contributed by atoms with van der Waals surface area (Å²) in [6.07, 6.45) is 3.47. The fraction of sp³-hybridized carbons (Fsp3) is 0.526. The molecule has 1 aromatic heterocycles. The molecule has 7 heteroatoms. The van der Waals surface area contributed by atoms with Crippen molar-refractivity contribution in [3.8, 4) is 11.4 Å². The van der Waals surface area contributed by atoms with Crippen molar-refractivity contribution in [1.29, 1.82) is 0 Å². The zero-order valence-corrected chi connectivity index (χ0v) is 15.8. The monoisotopic (exact) mass is 376 g/mol. The minimum Gasteiger partial charge on any atom is -0.356 e. The lowest BCUT2D eigenvalue weighted by atomic mass is 9.85. The maximum atomic E-state index is 12.1. The number of carbonyl (C=O) groups excluding carboxylic acids is 1. The van der Waals surface area contributed by atoms with Crippen molar-refractivity contribution in [2.24, 2.45) is 11.8 Å². The number of carbonyl (C=O) groups is 1. The summed E-state index contributed by atoms with van der Waals surface area (Å²) in [6.45, 7) is 4.76. The van der Waals surface area contributed by atoms with E-state index in [2.05, 4.69) is 27.7 Å². The number of aromatic nitrogens is 2. The molecule has 3 rings (SSSR count). The summed E-state index contributed by atoms with van der Waals surface area (Å²) < 4.78 is 5.25. The highest BCUT2D eigenvalue weighted by molar-refractivity contribution is 6.30. The molecule has 2 unspecified atom stereocenters. The van der Waals surface area contributed by atoms with Gasteiger partial charge < -0.3 is 15.2 Å². The molecular weight excluding hydrogens is 352 g/mol. The van der Waals surface area contributed by atoms with E-state index in [1.165, 1.54) is 12.8 Å². The van der Waals surface area contributed by atoms with Gasteiger partial charge in [-0.1, -0.05) is 35.8 Å². The van der Waals surface area contributed by atoms with Crippen molar-refractivity contribution >= 4 is 17.5 Å². The molecule has 1 amide bonds. The van der Waals surface area contributed by atoms with Gasteiger partial charge in [-0.25, -0.2) is 0 Å². The summed E-state index contributed by atoms with van der Waals surface area (Å²) in [5.74, 6) is 2.07. The Morgan fingerprint density at radius 1 is 1.50 bits per heavy atom. The van der Waals surface area contributed by atoms with Crippen LogP contribution in [-0.4, -0.2) is 35.7 Å². The summed E-state index contributed by atoms with van der Waals surface area (Å²) in [5, 5.41) is 11.0. The molecule has 2 atom stereocenters. The second kappa shape index (κ2) is 9.14. The third kappa shape index (κ3) is 5.29. The molecule has 0 bridgehead atoms. The summed E-state index contributed by atoms with van der Waals surface area (Å²) >= 11 is 5.98. The number of amides is 1. The van der Waals surface area contributed by atoms with Gasteiger partial charge in [-0.05, 0) is 49.9 Å². The molecule has 0 aliphatic carbocycles. The van der Waals surface area contributed by atoms with Crippen molar-refractivity contribution in [1.82, 2.24) is 20.8 Å². The predicted octanol–water partition coefficient (Wildman–Crippen LogP) is 3.07. The van der Waals surface area contributed by atoms with Crippen LogP contribution in [0.1, 0.15) is 32.1 Å². The van der Waals surface area contributed by atoms with Gasteiger partial charge >= 0.3 is 0 Å². The number of nitrogens with zero attached hydrogens (tertiary/aromatic N) is 2. The van der Waals surface area contributed by atoms with E-state index in [-0.39, 0.29) is 5.91 Å². The number of halogens is 1. The van der Waals surface area contributed by atoms with Gasteiger partial charge in [-0.2, -0.15) is 4.98 Å². The largest absolute Gasteiger partial charge is 0.356 e. The standard InChI is InChI=1S/C19H25ClN4O2/c1-13(15-5-3-8-21-12-15)10-17(25)22-9-7-18-23-19(24-26-18)14-4-2-6-16(20)11-14/h2,4,6,11,13,15,21H,3,5,7-10,12H2,1H3,(H,22,25). The van der Waals surface area contributed by atoms with E-state index in [0.717, 1.165) is 18.7 Å². The fourth-order valence-corrected chi connectivity index (χ4v) is 3.50. The van der Waals surface area contributed by atoms with Crippen molar-refractivity contribution in [2.75, 3.05) is 19.6 Å². The Morgan fingerprint density at radius 2 is 2.38 bits per heavy atom. The molecule has 26 heavy (non-hydrogen) atoms. The zero-order valence-electron chi connectivity index (χ0n) is 15.0. The van der Waals surface area contributed by atoms with Crippen molar-refractivity contribution < 1.29 is 9.32 Å². The first kappa shape index (κ1) is 18.9. The molecule has 1 fully saturated rings. The van der Waals surface area contributed by atoms with Crippen LogP contribution in [0.5, 0.6) is 0 Å². The van der Waals surface area contributed by atoms with Gasteiger partial charge in [-0.15, -0.1) is 0 Å². The van der Waals surface area contributed by atoms with Crippen LogP contribution in [0.4, 0.5) is 0 Å². The topological polar surface area (TPSA) is 80.1 Å². The van der Waals surface area contributed by atoms with E-state index in [0.29, 0.717) is 48.0 Å². The van der Waals surface area contributed by atoms with Crippen LogP contribution in [0.15, 0.2) is 28.8 Å². The lowest BCUT2D eigenvalue weighted by molar-refractivity contribution is -0.122. The predicted molar refractivity (Wildman–Crippen MR) is 101 cm³/mol. The molecule has 2 N–H and O–H groups in total. The molecule has 2 aromatic rings. The molecule has 6 nitrogen and oxygen atoms in total. The van der Waals surface area contributed by atoms with Gasteiger partial charge in [0.2, 0.25) is 17.6 Å². The second-order valence-electron chi connectivity index (χ2n) is 6.91. The molecule has 0 radical (unpaired) electrons. The smallest absolute Gasteiger partial charge is 0.228 e. The van der Waals surface area contributed by atoms with Crippen molar-refractivity contribution in [3.63, 3.8) is 0 Å². The summed E-state index contributed by atoms with van der Waals surface area (Å²) in [6, 6.07) is 7.31. The van der Waals surface area contributed by atoms with Crippen molar-refractivity contribution in [2.45, 2.75) is 32.6 Å². The first-order valence-corrected chi connectivity index (χ1v) is 9.55. The molecule has 1 aliphatic rings. The molecule has 0 saturated carbocycles. The average molecular weight is 377 g/mol. The van der Waals surface area contributed by atoms with E-state index in [1.807, 2.05) is 12.1 Å². The summed E-state index contributed by atoms with van der Waals surface area (Å²) in [5.41, 5.74) is 0.812. The normalized spacial score (nSPS) is 18.5. The van der Waals surface area contributed by atoms with Crippen LogP contribution in [0, 0.1) is 11.8 Å². The number of benzene rings is 1. The SMILES string of the molecule is CC(CC(=O)NCCc1nc(-c2cccc(Cl)c2)no1)C1CCCNC1. The number of hydrogen-bond acceptors (Lipinski definition) is 5. The van der Waals surface area contributed by atoms with Crippen LogP contribution in [0.3, 0.4) is 0 Å². The summed E-state index contributed by atoms with van der Waals surface area (Å²) in [4.78, 5) is 16.5. The Balaban J connectivity index is 1.42. The van der Waals surface area contributed by atoms with Gasteiger partial charge in [0, 0.05) is 30.0 Å². The first-order valence-electron chi connectivity index (χ1n) is 9.18. The van der Waals surface area contributed by atoms with Gasteiger partial charge in [-0.3, -0.25) is 4.79 Å². The van der Waals surface area contributed by atoms with Gasteiger partial charge in [0.05, 0.1) is 0 Å². The number of piperidine rings is 1. The van der Waals surface area contributed by atoms with Crippen LogP contribution < -0.4 is 10.6 Å². The lowest BCUT2D eigenvalue weighted by Gasteiger charge is -2.27. The average Bonchev–Trinajstić information content (AvgIpc) is 3.11. The Bertz CT molecular complexity index is 728. The van der Waals surface area contributed by atoms with Crippen LogP contribution in [0.2, 0.25) is 5.02 Å². The third-order valence-electron chi connectivity index (χ3n) is 4.86. The number of nitrogens with one attached hydrogen (secondary N) is 2. The van der Waals surface area contributed by atoms with E-state index < -0.39 is 0 Å². The van der Waals surface area contributed by atoms with Crippen LogP contribution >= 0.6 is 11.6 Å². The molecule has 2 heterocycles. The first-order chi connectivity index (χ1) is 12.6. The van der Waals surface area contributed by atoms with E-state index in [1.54, 1.807) is 12.1 Å². The van der Waals surface area contributed by atoms with Crippen molar-refractivity contribution in [3.05, 3.63) is 35.2 Å². The maximum Gasteiger partial charge on any atom is 0.228 e. The molecule has 1 saturated heterocycles. The van der Waals surface area contributed by atoms with Crippen LogP contribution in [-0.2, 0) is 11.2 Å². The molecule has 1 aliphatic heterocycles. The highest BCUT2D eigenvalue weighted by Crippen LogP contribution is 2.22. The number of rotatable bonds is 7. The molecular formula is C19H25ClN4O2. The highest BCUT2D eigenvalue weighted by atomic mass is 35.5. The Hall–Kier alpha value is -1.92. The third-order valence-corrected chi connectivity index (χ3v) is 5.09. The minimum atomic E-state index is 0.0812. The van der Waals surface area contributed by atoms with Gasteiger partial charge in [0.25, 0.3) is 0 Å². The maximum absolute atomic E-state index is 12.1. The fourth-order valence-electron chi connectivity index (χ4n) is 3.31. The Kier molecular flexibility index (Phi) is 6.63. The van der Waals surface area contributed by atoms with E-state index in [4.69, 9.17) is 16.1 Å². The van der Waals surface area contributed by atoms with Gasteiger partial charge in [0.1, 0.15) is 0 Å². The minimum absolute atomic E-state index is 0.0812. The second-order valence-corrected chi connectivity index (χ2v) is 7.35. The zero-order chi connectivity index (χ0) is 18.4. The highest BCUT2D eigenvalue weighted by Gasteiger charge is 2.21. The number of hydrogen-bond donors (Lipinski definition) is 2. The molecule has 0 spiro atoms. The quantitative estimate of drug-likeness (QED) is 0.776. The van der Waals surface area contributed by atoms with Crippen LogP contribution in [0.25, 0.3) is 11.4 Å². The molecule has 140 valence electrons. The lowest BCUT2D eigenvalue weighted by Crippen LogP contribution is -2.36. The van der Waals surface area contributed by atoms with E-state index >= 15 is 0 Å². The Morgan fingerprint density at radius 3 is 3.15 bits per heavy atom. The molecule has 1 aromatic carbocycles.